The summed E-state index contributed by atoms with van der Waals surface area (Å²) in [6, 6.07) is 4.96. The van der Waals surface area contributed by atoms with Crippen LogP contribution in [0.5, 0.6) is 0 Å². The number of nitrogens with one attached hydrogen (secondary N) is 1. The Morgan fingerprint density at radius 1 is 1.11 bits per heavy atom. The molecule has 0 radical (unpaired) electrons. The van der Waals surface area contributed by atoms with Crippen LogP contribution in [0.4, 0.5) is 23.2 Å². The zero-order valence-electron chi connectivity index (χ0n) is 14.3. The molecule has 144 valence electrons. The molecule has 5 nitrogen and oxygen atoms in total. The first kappa shape index (κ1) is 18.0. The van der Waals surface area contributed by atoms with E-state index in [2.05, 4.69) is 4.98 Å². The predicted molar refractivity (Wildman–Crippen MR) is 93.4 cm³/mol. The molecule has 1 aliphatic rings. The van der Waals surface area contributed by atoms with Crippen molar-refractivity contribution in [1.82, 2.24) is 9.55 Å². The highest BCUT2D eigenvalue weighted by Gasteiger charge is 2.25. The van der Waals surface area contributed by atoms with Gasteiger partial charge in [-0.25, -0.2) is 22.5 Å². The molecule has 2 aromatic carbocycles. The number of carbonyl (C=O) groups excluding carboxylic acids is 1. The third kappa shape index (κ3) is 3.08. The molecule has 4 rings (SSSR count). The highest BCUT2D eigenvalue weighted by molar-refractivity contribution is 5.98. The van der Waals surface area contributed by atoms with E-state index in [-0.39, 0.29) is 23.6 Å². The number of fused-ring (bicyclic) bond motifs is 3. The lowest BCUT2D eigenvalue weighted by atomic mass is 10.0. The lowest BCUT2D eigenvalue weighted by molar-refractivity contribution is -0.115. The van der Waals surface area contributed by atoms with Crippen molar-refractivity contribution in [2.75, 3.05) is 5.32 Å². The third-order valence-electron chi connectivity index (χ3n) is 4.51. The van der Waals surface area contributed by atoms with E-state index in [0.29, 0.717) is 29.7 Å². The lowest BCUT2D eigenvalue weighted by Crippen LogP contribution is -2.19. The summed E-state index contributed by atoms with van der Waals surface area (Å²) in [6.45, 7) is 0.385. The van der Waals surface area contributed by atoms with Gasteiger partial charge in [-0.15, -0.1) is 0 Å². The van der Waals surface area contributed by atoms with E-state index in [9.17, 15) is 27.5 Å². The third-order valence-corrected chi connectivity index (χ3v) is 4.51. The summed E-state index contributed by atoms with van der Waals surface area (Å²) < 4.78 is 55.7. The number of nitrogens with zero attached hydrogens (tertiary/aromatic N) is 2. The van der Waals surface area contributed by atoms with Crippen LogP contribution in [0.2, 0.25) is 0 Å². The molecule has 3 aromatic rings. The van der Waals surface area contributed by atoms with Crippen LogP contribution in [-0.2, 0) is 11.3 Å². The molecular weight excluding hydrogens is 378 g/mol. The summed E-state index contributed by atoms with van der Waals surface area (Å²) in [7, 11) is 0. The maximum Gasteiger partial charge on any atom is 0.229 e. The lowest BCUT2D eigenvalue weighted by Gasteiger charge is -2.19. The minimum atomic E-state index is -1.25. The smallest absolute Gasteiger partial charge is 0.229 e. The second kappa shape index (κ2) is 6.66. The van der Waals surface area contributed by atoms with Gasteiger partial charge in [0.1, 0.15) is 28.9 Å². The Bertz CT molecular complexity index is 1130. The Labute approximate surface area is 155 Å². The number of rotatable bonds is 3. The Morgan fingerprint density at radius 2 is 1.82 bits per heavy atom. The maximum absolute atomic E-state index is 13.7. The largest absolute Gasteiger partial charge is 0.512 e. The Hall–Kier alpha value is -3.36. The van der Waals surface area contributed by atoms with Crippen LogP contribution in [0, 0.1) is 23.3 Å². The van der Waals surface area contributed by atoms with Crippen LogP contribution in [0.15, 0.2) is 36.1 Å². The van der Waals surface area contributed by atoms with Crippen molar-refractivity contribution in [2.24, 2.45) is 0 Å². The number of allylic oxidation sites excluding steroid dienone is 1. The van der Waals surface area contributed by atoms with Crippen molar-refractivity contribution >= 4 is 28.2 Å². The zero-order chi connectivity index (χ0) is 20.0. The van der Waals surface area contributed by atoms with Crippen LogP contribution >= 0.6 is 0 Å². The fourth-order valence-corrected chi connectivity index (χ4v) is 3.24. The Morgan fingerprint density at radius 3 is 2.54 bits per heavy atom. The van der Waals surface area contributed by atoms with Gasteiger partial charge in [-0.05, 0) is 12.1 Å². The molecule has 28 heavy (non-hydrogen) atoms. The molecule has 2 heterocycles. The number of hydrogen-bond donors (Lipinski definition) is 2. The zero-order valence-corrected chi connectivity index (χ0v) is 14.3. The molecule has 0 bridgehead atoms. The SMILES string of the molecule is O=C(CC1=C(O)CCn2c1nc1cc(F)ccc12)Nc1c(F)cc(F)cc1F. The summed E-state index contributed by atoms with van der Waals surface area (Å²) in [5.41, 5.74) is 0.386. The summed E-state index contributed by atoms with van der Waals surface area (Å²) >= 11 is 0. The van der Waals surface area contributed by atoms with E-state index in [1.807, 2.05) is 5.32 Å². The molecule has 1 aliphatic heterocycles. The monoisotopic (exact) mass is 391 g/mol. The van der Waals surface area contributed by atoms with Crippen molar-refractivity contribution < 1.29 is 27.5 Å². The standard InChI is InChI=1S/C19H13F4N3O2/c20-9-1-2-15-14(7-9)24-19-11(16(27)3-4-26(15)19)8-17(28)25-18-12(22)5-10(21)6-13(18)23/h1-2,5-7,27H,3-4,8H2,(H,25,28). The number of carbonyl (C=O) groups is 1. The number of aromatic nitrogens is 2. The van der Waals surface area contributed by atoms with Gasteiger partial charge in [-0.3, -0.25) is 4.79 Å². The van der Waals surface area contributed by atoms with Crippen LogP contribution < -0.4 is 5.32 Å². The number of benzene rings is 2. The highest BCUT2D eigenvalue weighted by Crippen LogP contribution is 2.32. The molecule has 0 aliphatic carbocycles. The van der Waals surface area contributed by atoms with E-state index < -0.39 is 41.3 Å². The number of aliphatic hydroxyl groups excluding tert-OH is 1. The molecule has 0 fully saturated rings. The fourth-order valence-electron chi connectivity index (χ4n) is 3.24. The summed E-state index contributed by atoms with van der Waals surface area (Å²) in [6.07, 6.45) is -0.203. The fraction of sp³-hybridized carbons (Fsp3) is 0.158. The van der Waals surface area contributed by atoms with E-state index in [4.69, 9.17) is 0 Å². The average molecular weight is 391 g/mol. The molecule has 1 aromatic heterocycles. The van der Waals surface area contributed by atoms with Crippen LogP contribution in [0.25, 0.3) is 16.6 Å². The number of imidazole rings is 1. The molecule has 0 saturated carbocycles. The highest BCUT2D eigenvalue weighted by atomic mass is 19.1. The van der Waals surface area contributed by atoms with Crippen LogP contribution in [0.3, 0.4) is 0 Å². The van der Waals surface area contributed by atoms with Crippen molar-refractivity contribution in [3.05, 3.63) is 65.2 Å². The Kier molecular flexibility index (Phi) is 4.29. The van der Waals surface area contributed by atoms with Gasteiger partial charge in [0.2, 0.25) is 5.91 Å². The predicted octanol–water partition coefficient (Wildman–Crippen LogP) is 4.29. The summed E-state index contributed by atoms with van der Waals surface area (Å²) in [5, 5.41) is 12.3. The number of hydrogen-bond acceptors (Lipinski definition) is 3. The molecule has 2 N–H and O–H groups in total. The molecule has 0 unspecified atom stereocenters. The topological polar surface area (TPSA) is 67.1 Å². The molecular formula is C19H13F4N3O2. The first-order chi connectivity index (χ1) is 13.3. The van der Waals surface area contributed by atoms with Gasteiger partial charge in [-0.1, -0.05) is 0 Å². The summed E-state index contributed by atoms with van der Waals surface area (Å²) in [5.74, 6) is -4.72. The van der Waals surface area contributed by atoms with E-state index in [0.717, 1.165) is 0 Å². The maximum atomic E-state index is 13.7. The van der Waals surface area contributed by atoms with E-state index >= 15 is 0 Å². The van der Waals surface area contributed by atoms with E-state index in [1.165, 1.54) is 12.1 Å². The van der Waals surface area contributed by atoms with Gasteiger partial charge in [0.05, 0.1) is 17.5 Å². The normalized spacial score (nSPS) is 13.7. The summed E-state index contributed by atoms with van der Waals surface area (Å²) in [4.78, 5) is 16.6. The number of anilines is 1. The van der Waals surface area contributed by atoms with Crippen molar-refractivity contribution in [3.8, 4) is 0 Å². The average Bonchev–Trinajstić information content (AvgIpc) is 2.98. The number of halogens is 4. The van der Waals surface area contributed by atoms with Crippen molar-refractivity contribution in [3.63, 3.8) is 0 Å². The van der Waals surface area contributed by atoms with Gasteiger partial charge in [0, 0.05) is 36.7 Å². The number of aliphatic hydroxyl groups is 1. The van der Waals surface area contributed by atoms with Gasteiger partial charge in [-0.2, -0.15) is 0 Å². The quantitative estimate of drug-likeness (QED) is 0.655. The van der Waals surface area contributed by atoms with Crippen LogP contribution in [-0.4, -0.2) is 20.6 Å². The van der Waals surface area contributed by atoms with Crippen LogP contribution in [0.1, 0.15) is 18.7 Å². The first-order valence-corrected chi connectivity index (χ1v) is 8.35. The molecule has 0 spiro atoms. The Balaban J connectivity index is 1.65. The molecule has 1 amide bonds. The minimum Gasteiger partial charge on any atom is -0.512 e. The van der Waals surface area contributed by atoms with Gasteiger partial charge in [0.25, 0.3) is 0 Å². The molecule has 0 atom stereocenters. The minimum absolute atomic E-state index is 0.0847. The van der Waals surface area contributed by atoms with Gasteiger partial charge < -0.3 is 15.0 Å². The van der Waals surface area contributed by atoms with Crippen molar-refractivity contribution in [1.29, 1.82) is 0 Å². The second-order valence-corrected chi connectivity index (χ2v) is 6.36. The van der Waals surface area contributed by atoms with E-state index in [1.54, 1.807) is 10.6 Å². The molecule has 0 saturated heterocycles. The first-order valence-electron chi connectivity index (χ1n) is 8.35. The second-order valence-electron chi connectivity index (χ2n) is 6.36. The molecule has 9 heteroatoms. The number of amides is 1. The van der Waals surface area contributed by atoms with Crippen molar-refractivity contribution in [2.45, 2.75) is 19.4 Å². The van der Waals surface area contributed by atoms with Gasteiger partial charge >= 0.3 is 0 Å². The number of aryl methyl sites for hydroxylation is 1. The van der Waals surface area contributed by atoms with Gasteiger partial charge in [0.15, 0.2) is 11.6 Å².